The Bertz CT molecular complexity index is 890. The lowest BCUT2D eigenvalue weighted by atomic mass is 9.79. The molecule has 142 valence electrons. The van der Waals surface area contributed by atoms with Gasteiger partial charge in [0.15, 0.2) is 5.82 Å². The number of carbonyl (C=O) groups excluding carboxylic acids is 1. The molecule has 2 aliphatic rings. The van der Waals surface area contributed by atoms with E-state index in [2.05, 4.69) is 17.3 Å². The number of nitrogens with zero attached hydrogens (tertiary/aromatic N) is 2. The second kappa shape index (κ2) is 7.16. The van der Waals surface area contributed by atoms with E-state index in [0.29, 0.717) is 40.1 Å². The molecule has 1 aromatic heterocycles. The molecule has 4 N–H and O–H groups in total. The van der Waals surface area contributed by atoms with E-state index in [1.54, 1.807) is 16.9 Å². The van der Waals surface area contributed by atoms with Crippen molar-refractivity contribution < 1.29 is 19.2 Å². The molecule has 8 nitrogen and oxygen atoms in total. The normalized spacial score (nSPS) is 22.0. The SMILES string of the molecule is C[C@H]1CCOC[C@@H]1n1cc(C(N)=O)c(Nc2cc(Cl)c3c(c2)COB3O)n1. The van der Waals surface area contributed by atoms with Gasteiger partial charge < -0.3 is 25.5 Å². The molecule has 0 unspecified atom stereocenters. The van der Waals surface area contributed by atoms with Gasteiger partial charge in [0.1, 0.15) is 5.56 Å². The van der Waals surface area contributed by atoms with Crippen LogP contribution in [0.1, 0.15) is 35.3 Å². The molecule has 2 aromatic rings. The number of hydrogen-bond donors (Lipinski definition) is 3. The molecule has 4 rings (SSSR count). The highest BCUT2D eigenvalue weighted by atomic mass is 35.5. The van der Waals surface area contributed by atoms with Crippen LogP contribution in [-0.4, -0.2) is 41.0 Å². The highest BCUT2D eigenvalue weighted by Crippen LogP contribution is 2.30. The fourth-order valence-electron chi connectivity index (χ4n) is 3.53. The molecule has 2 aliphatic heterocycles. The van der Waals surface area contributed by atoms with Crippen molar-refractivity contribution in [3.8, 4) is 0 Å². The lowest BCUT2D eigenvalue weighted by molar-refractivity contribution is 0.0238. The fraction of sp³-hybridized carbons (Fsp3) is 0.412. The quantitative estimate of drug-likeness (QED) is 0.676. The van der Waals surface area contributed by atoms with Crippen molar-refractivity contribution in [1.82, 2.24) is 9.78 Å². The summed E-state index contributed by atoms with van der Waals surface area (Å²) < 4.78 is 12.5. The van der Waals surface area contributed by atoms with Crippen molar-refractivity contribution in [3.05, 3.63) is 34.5 Å². The summed E-state index contributed by atoms with van der Waals surface area (Å²) in [5.41, 5.74) is 7.82. The number of benzene rings is 1. The Labute approximate surface area is 161 Å². The third-order valence-corrected chi connectivity index (χ3v) is 5.43. The van der Waals surface area contributed by atoms with Crippen LogP contribution in [0, 0.1) is 5.92 Å². The van der Waals surface area contributed by atoms with Crippen LogP contribution >= 0.6 is 11.6 Å². The van der Waals surface area contributed by atoms with E-state index in [0.717, 1.165) is 18.6 Å². The zero-order chi connectivity index (χ0) is 19.1. The molecule has 0 radical (unpaired) electrons. The summed E-state index contributed by atoms with van der Waals surface area (Å²) in [7, 11) is -1.02. The van der Waals surface area contributed by atoms with Crippen LogP contribution < -0.4 is 16.5 Å². The highest BCUT2D eigenvalue weighted by molar-refractivity contribution is 6.65. The molecular formula is C17H20BClN4O4. The van der Waals surface area contributed by atoms with E-state index < -0.39 is 13.0 Å². The van der Waals surface area contributed by atoms with E-state index >= 15 is 0 Å². The summed E-state index contributed by atoms with van der Waals surface area (Å²) in [6, 6.07) is 3.52. The average Bonchev–Trinajstić information content (AvgIpc) is 3.20. The third kappa shape index (κ3) is 3.43. The molecule has 1 fully saturated rings. The molecule has 3 heterocycles. The Balaban J connectivity index is 1.66. The Morgan fingerprint density at radius 1 is 1.52 bits per heavy atom. The number of fused-ring (bicyclic) bond motifs is 1. The van der Waals surface area contributed by atoms with E-state index in [1.807, 2.05) is 6.07 Å². The minimum atomic E-state index is -1.02. The number of anilines is 2. The summed E-state index contributed by atoms with van der Waals surface area (Å²) in [5, 5.41) is 17.9. The molecule has 0 spiro atoms. The maximum atomic E-state index is 11.9. The number of hydrogen-bond acceptors (Lipinski definition) is 6. The predicted octanol–water partition coefficient (Wildman–Crippen LogP) is 1.19. The highest BCUT2D eigenvalue weighted by Gasteiger charge is 2.31. The van der Waals surface area contributed by atoms with Gasteiger partial charge in [0.25, 0.3) is 5.91 Å². The van der Waals surface area contributed by atoms with Crippen LogP contribution in [-0.2, 0) is 16.0 Å². The molecule has 1 aromatic carbocycles. The first kappa shape index (κ1) is 18.3. The van der Waals surface area contributed by atoms with Crippen LogP contribution in [0.25, 0.3) is 0 Å². The van der Waals surface area contributed by atoms with Gasteiger partial charge in [-0.2, -0.15) is 5.10 Å². The smallest absolute Gasteiger partial charge is 0.423 e. The molecule has 0 saturated carbocycles. The summed E-state index contributed by atoms with van der Waals surface area (Å²) >= 11 is 6.27. The van der Waals surface area contributed by atoms with Crippen molar-refractivity contribution in [2.45, 2.75) is 26.0 Å². The standard InChI is InChI=1S/C17H20BClN4O4/c1-9-2-3-26-8-14(9)23-6-12(16(20)24)17(22-23)21-11-4-10-7-27-18(25)15(10)13(19)5-11/h4-6,9,14,25H,2-3,7-8H2,1H3,(H2,20,24)(H,21,22)/t9-,14-/m0/s1. The van der Waals surface area contributed by atoms with Crippen LogP contribution in [0.15, 0.2) is 18.3 Å². The number of nitrogens with one attached hydrogen (secondary N) is 1. The van der Waals surface area contributed by atoms with Crippen molar-refractivity contribution in [3.63, 3.8) is 0 Å². The van der Waals surface area contributed by atoms with E-state index in [4.69, 9.17) is 26.7 Å². The number of nitrogens with two attached hydrogens (primary N) is 1. The van der Waals surface area contributed by atoms with Crippen LogP contribution in [0.5, 0.6) is 0 Å². The van der Waals surface area contributed by atoms with Crippen molar-refractivity contribution in [1.29, 1.82) is 0 Å². The first-order valence-corrected chi connectivity index (χ1v) is 9.17. The van der Waals surface area contributed by atoms with Gasteiger partial charge in [0.05, 0.1) is 19.3 Å². The molecule has 1 amide bonds. The summed E-state index contributed by atoms with van der Waals surface area (Å²) in [5.74, 6) is 0.162. The van der Waals surface area contributed by atoms with Gasteiger partial charge in [0, 0.05) is 29.0 Å². The molecule has 10 heteroatoms. The van der Waals surface area contributed by atoms with Gasteiger partial charge in [-0.05, 0) is 30.0 Å². The molecule has 27 heavy (non-hydrogen) atoms. The zero-order valence-corrected chi connectivity index (χ0v) is 15.6. The van der Waals surface area contributed by atoms with Gasteiger partial charge in [-0.15, -0.1) is 0 Å². The van der Waals surface area contributed by atoms with Crippen molar-refractivity contribution >= 4 is 41.6 Å². The lowest BCUT2D eigenvalue weighted by Crippen LogP contribution is -2.29. The molecule has 0 bridgehead atoms. The van der Waals surface area contributed by atoms with E-state index in [1.165, 1.54) is 0 Å². The average molecular weight is 391 g/mol. The number of halogens is 1. The van der Waals surface area contributed by atoms with Crippen LogP contribution in [0.4, 0.5) is 11.5 Å². The number of carbonyl (C=O) groups is 1. The summed E-state index contributed by atoms with van der Waals surface area (Å²) in [6.07, 6.45) is 2.59. The monoisotopic (exact) mass is 390 g/mol. The van der Waals surface area contributed by atoms with Gasteiger partial charge >= 0.3 is 7.12 Å². The Morgan fingerprint density at radius 2 is 2.33 bits per heavy atom. The number of ether oxygens (including phenoxy) is 1. The first-order chi connectivity index (χ1) is 12.9. The summed E-state index contributed by atoms with van der Waals surface area (Å²) in [6.45, 7) is 3.67. The van der Waals surface area contributed by atoms with Crippen molar-refractivity contribution in [2.75, 3.05) is 18.5 Å². The fourth-order valence-corrected chi connectivity index (χ4v) is 3.87. The topological polar surface area (TPSA) is 112 Å². The first-order valence-electron chi connectivity index (χ1n) is 8.79. The van der Waals surface area contributed by atoms with Crippen molar-refractivity contribution in [2.24, 2.45) is 11.7 Å². The Morgan fingerprint density at radius 3 is 3.07 bits per heavy atom. The minimum Gasteiger partial charge on any atom is -0.423 e. The summed E-state index contributed by atoms with van der Waals surface area (Å²) in [4.78, 5) is 11.9. The largest absolute Gasteiger partial charge is 0.493 e. The molecule has 0 aliphatic carbocycles. The van der Waals surface area contributed by atoms with Gasteiger partial charge in [0.2, 0.25) is 0 Å². The number of rotatable bonds is 4. The Hall–Kier alpha value is -2.07. The second-order valence-corrected chi connectivity index (χ2v) is 7.37. The molecule has 1 saturated heterocycles. The molecule has 2 atom stereocenters. The zero-order valence-electron chi connectivity index (χ0n) is 14.8. The Kier molecular flexibility index (Phi) is 4.85. The molecular weight excluding hydrogens is 370 g/mol. The minimum absolute atomic E-state index is 0.0413. The number of primary amides is 1. The van der Waals surface area contributed by atoms with E-state index in [-0.39, 0.29) is 12.6 Å². The van der Waals surface area contributed by atoms with Crippen LogP contribution in [0.2, 0.25) is 5.02 Å². The van der Waals surface area contributed by atoms with E-state index in [9.17, 15) is 9.82 Å². The van der Waals surface area contributed by atoms with Gasteiger partial charge in [-0.1, -0.05) is 18.5 Å². The maximum absolute atomic E-state index is 11.9. The number of aromatic nitrogens is 2. The number of amides is 1. The predicted molar refractivity (Wildman–Crippen MR) is 102 cm³/mol. The lowest BCUT2D eigenvalue weighted by Gasteiger charge is -2.28. The van der Waals surface area contributed by atoms with Gasteiger partial charge in [-0.25, -0.2) is 0 Å². The second-order valence-electron chi connectivity index (χ2n) is 6.96. The van der Waals surface area contributed by atoms with Crippen LogP contribution in [0.3, 0.4) is 0 Å². The third-order valence-electron chi connectivity index (χ3n) is 5.12. The van der Waals surface area contributed by atoms with Gasteiger partial charge in [-0.3, -0.25) is 9.48 Å². The maximum Gasteiger partial charge on any atom is 0.493 e.